The van der Waals surface area contributed by atoms with Gasteiger partial charge in [0.2, 0.25) is 5.91 Å². The average molecular weight is 244 g/mol. The van der Waals surface area contributed by atoms with Crippen LogP contribution < -0.4 is 0 Å². The second-order valence-corrected chi connectivity index (χ2v) is 5.03. The fourth-order valence-electron chi connectivity index (χ4n) is 2.09. The number of fused-ring (bicyclic) bond motifs is 1. The summed E-state index contributed by atoms with van der Waals surface area (Å²) in [5.74, 6) is 0.148. The first-order valence-electron chi connectivity index (χ1n) is 6.31. The molecule has 0 spiro atoms. The van der Waals surface area contributed by atoms with Crippen LogP contribution in [0.4, 0.5) is 0 Å². The van der Waals surface area contributed by atoms with E-state index in [9.17, 15) is 4.79 Å². The number of hydrogen-bond acceptors (Lipinski definition) is 1. The van der Waals surface area contributed by atoms with Crippen LogP contribution in [0.25, 0.3) is 10.9 Å². The zero-order valence-corrected chi connectivity index (χ0v) is 11.5. The Labute approximate surface area is 108 Å². The Kier molecular flexibility index (Phi) is 3.41. The van der Waals surface area contributed by atoms with Gasteiger partial charge in [-0.05, 0) is 38.3 Å². The maximum absolute atomic E-state index is 12.2. The molecule has 3 nitrogen and oxygen atoms in total. The Morgan fingerprint density at radius 3 is 2.67 bits per heavy atom. The van der Waals surface area contributed by atoms with Crippen molar-refractivity contribution in [2.45, 2.75) is 33.4 Å². The van der Waals surface area contributed by atoms with Crippen molar-refractivity contribution in [2.75, 3.05) is 7.05 Å². The highest BCUT2D eigenvalue weighted by atomic mass is 16.2. The zero-order valence-electron chi connectivity index (χ0n) is 11.5. The van der Waals surface area contributed by atoms with Crippen LogP contribution in [0, 0.1) is 6.92 Å². The lowest BCUT2D eigenvalue weighted by atomic mass is 10.2. The second-order valence-electron chi connectivity index (χ2n) is 5.03. The summed E-state index contributed by atoms with van der Waals surface area (Å²) in [6.07, 6.45) is 0. The van der Waals surface area contributed by atoms with Crippen LogP contribution in [0.1, 0.15) is 19.5 Å². The molecule has 1 aromatic heterocycles. The summed E-state index contributed by atoms with van der Waals surface area (Å²) < 4.78 is 2.08. The van der Waals surface area contributed by atoms with Crippen LogP contribution >= 0.6 is 0 Å². The first-order valence-corrected chi connectivity index (χ1v) is 6.31. The topological polar surface area (TPSA) is 25.2 Å². The predicted molar refractivity (Wildman–Crippen MR) is 74.6 cm³/mol. The van der Waals surface area contributed by atoms with Gasteiger partial charge >= 0.3 is 0 Å². The number of likely N-dealkylation sites (N-methyl/N-ethyl adjacent to an activating group) is 1. The highest BCUT2D eigenvalue weighted by Crippen LogP contribution is 2.19. The Morgan fingerprint density at radius 1 is 1.33 bits per heavy atom. The van der Waals surface area contributed by atoms with Crippen molar-refractivity contribution in [1.29, 1.82) is 0 Å². The van der Waals surface area contributed by atoms with Crippen molar-refractivity contribution >= 4 is 16.8 Å². The lowest BCUT2D eigenvalue weighted by Crippen LogP contribution is -2.35. The van der Waals surface area contributed by atoms with Crippen LogP contribution in [-0.2, 0) is 11.3 Å². The van der Waals surface area contributed by atoms with E-state index in [0.717, 1.165) is 11.2 Å². The Bertz CT molecular complexity index is 569. The molecule has 0 unspecified atom stereocenters. The number of aryl methyl sites for hydroxylation is 1. The van der Waals surface area contributed by atoms with Crippen molar-refractivity contribution in [1.82, 2.24) is 9.47 Å². The molecule has 0 N–H and O–H groups in total. The Morgan fingerprint density at radius 2 is 2.00 bits per heavy atom. The monoisotopic (exact) mass is 244 g/mol. The molecule has 0 radical (unpaired) electrons. The van der Waals surface area contributed by atoms with Gasteiger partial charge in [-0.15, -0.1) is 0 Å². The number of carbonyl (C=O) groups is 1. The van der Waals surface area contributed by atoms with Gasteiger partial charge < -0.3 is 9.47 Å². The first kappa shape index (κ1) is 12.7. The lowest BCUT2D eigenvalue weighted by molar-refractivity contribution is -0.131. The molecule has 1 aromatic carbocycles. The SMILES string of the molecule is Cc1cc2ccccc2n1CC(=O)N(C)C(C)C. The summed E-state index contributed by atoms with van der Waals surface area (Å²) in [7, 11) is 1.86. The zero-order chi connectivity index (χ0) is 13.3. The van der Waals surface area contributed by atoms with Crippen molar-refractivity contribution in [3.05, 3.63) is 36.0 Å². The van der Waals surface area contributed by atoms with Gasteiger partial charge in [-0.1, -0.05) is 18.2 Å². The molecule has 0 aliphatic heterocycles. The number of amides is 1. The van der Waals surface area contributed by atoms with E-state index >= 15 is 0 Å². The standard InChI is InChI=1S/C15H20N2O/c1-11(2)16(4)15(18)10-17-12(3)9-13-7-5-6-8-14(13)17/h5-9,11H,10H2,1-4H3. The average Bonchev–Trinajstić information content (AvgIpc) is 2.65. The molecule has 1 heterocycles. The van der Waals surface area contributed by atoms with Crippen LogP contribution in [0.2, 0.25) is 0 Å². The largest absolute Gasteiger partial charge is 0.342 e. The quantitative estimate of drug-likeness (QED) is 0.815. The van der Waals surface area contributed by atoms with Gasteiger partial charge in [0, 0.05) is 24.3 Å². The molecule has 0 aliphatic carbocycles. The van der Waals surface area contributed by atoms with E-state index in [0.29, 0.717) is 6.54 Å². The number of aromatic nitrogens is 1. The minimum absolute atomic E-state index is 0.148. The number of para-hydroxylation sites is 1. The van der Waals surface area contributed by atoms with E-state index in [2.05, 4.69) is 22.8 Å². The summed E-state index contributed by atoms with van der Waals surface area (Å²) in [5.41, 5.74) is 2.25. The maximum atomic E-state index is 12.2. The van der Waals surface area contributed by atoms with E-state index in [1.807, 2.05) is 40.0 Å². The summed E-state index contributed by atoms with van der Waals surface area (Å²) in [6, 6.07) is 10.5. The number of benzene rings is 1. The van der Waals surface area contributed by atoms with Crippen LogP contribution in [0.3, 0.4) is 0 Å². The molecular formula is C15H20N2O. The van der Waals surface area contributed by atoms with Crippen LogP contribution in [0.15, 0.2) is 30.3 Å². The second kappa shape index (κ2) is 4.84. The molecule has 96 valence electrons. The molecule has 0 atom stereocenters. The molecule has 3 heteroatoms. The van der Waals surface area contributed by atoms with E-state index < -0.39 is 0 Å². The Hall–Kier alpha value is -1.77. The third kappa shape index (κ3) is 2.26. The van der Waals surface area contributed by atoms with Gasteiger partial charge in [0.05, 0.1) is 0 Å². The molecule has 1 amide bonds. The molecule has 0 saturated heterocycles. The Balaban J connectivity index is 2.32. The van der Waals surface area contributed by atoms with Crippen molar-refractivity contribution in [3.63, 3.8) is 0 Å². The van der Waals surface area contributed by atoms with Gasteiger partial charge in [-0.25, -0.2) is 0 Å². The van der Waals surface area contributed by atoms with Crippen molar-refractivity contribution in [2.24, 2.45) is 0 Å². The highest BCUT2D eigenvalue weighted by Gasteiger charge is 2.14. The third-order valence-corrected chi connectivity index (χ3v) is 3.48. The van der Waals surface area contributed by atoms with E-state index in [1.54, 1.807) is 4.90 Å². The van der Waals surface area contributed by atoms with Gasteiger partial charge in [0.25, 0.3) is 0 Å². The fourth-order valence-corrected chi connectivity index (χ4v) is 2.09. The fraction of sp³-hybridized carbons (Fsp3) is 0.400. The number of carbonyl (C=O) groups excluding carboxylic acids is 1. The minimum Gasteiger partial charge on any atom is -0.342 e. The minimum atomic E-state index is 0.148. The summed E-state index contributed by atoms with van der Waals surface area (Å²) in [4.78, 5) is 13.9. The molecule has 18 heavy (non-hydrogen) atoms. The van der Waals surface area contributed by atoms with Gasteiger partial charge in [-0.3, -0.25) is 4.79 Å². The van der Waals surface area contributed by atoms with Crippen molar-refractivity contribution in [3.8, 4) is 0 Å². The summed E-state index contributed by atoms with van der Waals surface area (Å²) >= 11 is 0. The normalized spacial score (nSPS) is 11.2. The number of nitrogens with zero attached hydrogens (tertiary/aromatic N) is 2. The summed E-state index contributed by atoms with van der Waals surface area (Å²) in [5, 5.41) is 1.19. The van der Waals surface area contributed by atoms with Gasteiger partial charge in [0.1, 0.15) is 6.54 Å². The van der Waals surface area contributed by atoms with Gasteiger partial charge in [-0.2, -0.15) is 0 Å². The maximum Gasteiger partial charge on any atom is 0.242 e. The first-order chi connectivity index (χ1) is 8.50. The molecular weight excluding hydrogens is 224 g/mol. The predicted octanol–water partition coefficient (Wildman–Crippen LogP) is 2.82. The molecule has 0 aliphatic rings. The lowest BCUT2D eigenvalue weighted by Gasteiger charge is -2.22. The van der Waals surface area contributed by atoms with E-state index in [4.69, 9.17) is 0 Å². The van der Waals surface area contributed by atoms with E-state index in [1.165, 1.54) is 5.39 Å². The third-order valence-electron chi connectivity index (χ3n) is 3.48. The molecule has 0 bridgehead atoms. The summed E-state index contributed by atoms with van der Waals surface area (Å²) in [6.45, 7) is 6.51. The van der Waals surface area contributed by atoms with E-state index in [-0.39, 0.29) is 11.9 Å². The smallest absolute Gasteiger partial charge is 0.242 e. The molecule has 0 fully saturated rings. The molecule has 2 rings (SSSR count). The van der Waals surface area contributed by atoms with Crippen molar-refractivity contribution < 1.29 is 4.79 Å². The van der Waals surface area contributed by atoms with Gasteiger partial charge in [0.15, 0.2) is 0 Å². The highest BCUT2D eigenvalue weighted by molar-refractivity contribution is 5.84. The number of rotatable bonds is 3. The van der Waals surface area contributed by atoms with Crippen LogP contribution in [0.5, 0.6) is 0 Å². The van der Waals surface area contributed by atoms with Crippen LogP contribution in [-0.4, -0.2) is 28.5 Å². The number of hydrogen-bond donors (Lipinski definition) is 0. The molecule has 2 aromatic rings. The molecule has 0 saturated carbocycles.